The highest BCUT2D eigenvalue weighted by Gasteiger charge is 2.36. The number of thiol groups is 1. The lowest BCUT2D eigenvalue weighted by molar-refractivity contribution is -0.144. The lowest BCUT2D eigenvalue weighted by Crippen LogP contribution is -2.51. The number of methoxy groups -OCH3 is 1. The Morgan fingerprint density at radius 2 is 1.52 bits per heavy atom. The summed E-state index contributed by atoms with van der Waals surface area (Å²) in [6.07, 6.45) is 1.98. The van der Waals surface area contributed by atoms with Crippen molar-refractivity contribution >= 4 is 18.5 Å². The van der Waals surface area contributed by atoms with Gasteiger partial charge in [-0.1, -0.05) is 13.8 Å². The van der Waals surface area contributed by atoms with Crippen molar-refractivity contribution in [3.05, 3.63) is 0 Å². The lowest BCUT2D eigenvalue weighted by Gasteiger charge is -2.43. The van der Waals surface area contributed by atoms with Gasteiger partial charge in [0.15, 0.2) is 0 Å². The highest BCUT2D eigenvalue weighted by molar-refractivity contribution is 7.81. The molecule has 4 nitrogen and oxygen atoms in total. The minimum atomic E-state index is -0.499. The third-order valence-electron chi connectivity index (χ3n) is 4.54. The van der Waals surface area contributed by atoms with Crippen LogP contribution in [0.3, 0.4) is 0 Å². The first-order valence-electron chi connectivity index (χ1n) is 9.27. The molecule has 0 saturated carbocycles. The van der Waals surface area contributed by atoms with Crippen LogP contribution in [0.4, 0.5) is 0 Å². The molecule has 5 heteroatoms. The van der Waals surface area contributed by atoms with E-state index in [2.05, 4.69) is 40.3 Å². The molecule has 150 valence electrons. The van der Waals surface area contributed by atoms with E-state index in [0.29, 0.717) is 19.6 Å². The van der Waals surface area contributed by atoms with Gasteiger partial charge < -0.3 is 14.4 Å². The first-order chi connectivity index (χ1) is 11.1. The molecule has 0 bridgehead atoms. The monoisotopic (exact) mass is 375 g/mol. The van der Waals surface area contributed by atoms with E-state index in [9.17, 15) is 4.79 Å². The van der Waals surface area contributed by atoms with Gasteiger partial charge in [0.2, 0.25) is 5.91 Å². The molecular weight excluding hydrogens is 334 g/mol. The van der Waals surface area contributed by atoms with Gasteiger partial charge in [0.05, 0.1) is 24.2 Å². The van der Waals surface area contributed by atoms with Crippen LogP contribution in [0, 0.1) is 0 Å². The summed E-state index contributed by atoms with van der Waals surface area (Å²) in [5, 5.41) is 0. The quantitative estimate of drug-likeness (QED) is 0.531. The van der Waals surface area contributed by atoms with Crippen LogP contribution in [0.15, 0.2) is 0 Å². The van der Waals surface area contributed by atoms with Gasteiger partial charge in [0, 0.05) is 23.9 Å². The first-order valence-corrected chi connectivity index (χ1v) is 9.72. The van der Waals surface area contributed by atoms with Crippen LogP contribution in [0.1, 0.15) is 81.6 Å². The molecule has 0 rings (SSSR count). The van der Waals surface area contributed by atoms with Gasteiger partial charge in [0.1, 0.15) is 0 Å². The van der Waals surface area contributed by atoms with Crippen LogP contribution < -0.4 is 0 Å². The second-order valence-electron chi connectivity index (χ2n) is 9.44. The molecule has 0 aliphatic heterocycles. The van der Waals surface area contributed by atoms with Crippen molar-refractivity contribution in [3.63, 3.8) is 0 Å². The van der Waals surface area contributed by atoms with Gasteiger partial charge in [-0.05, 0) is 61.3 Å². The average Bonchev–Trinajstić information content (AvgIpc) is 2.34. The van der Waals surface area contributed by atoms with Crippen LogP contribution >= 0.6 is 12.6 Å². The zero-order chi connectivity index (χ0) is 20.1. The Morgan fingerprint density at radius 1 is 1.00 bits per heavy atom. The summed E-state index contributed by atoms with van der Waals surface area (Å²) >= 11 is 4.64. The van der Waals surface area contributed by atoms with E-state index in [1.165, 1.54) is 0 Å². The van der Waals surface area contributed by atoms with Crippen LogP contribution in [0.5, 0.6) is 0 Å². The molecule has 0 aromatic heterocycles. The molecule has 0 aliphatic carbocycles. The molecule has 0 spiro atoms. The molecule has 0 atom stereocenters. The van der Waals surface area contributed by atoms with Gasteiger partial charge in [-0.15, -0.1) is 0 Å². The van der Waals surface area contributed by atoms with Gasteiger partial charge >= 0.3 is 0 Å². The summed E-state index contributed by atoms with van der Waals surface area (Å²) in [5.74, 6) is 0.126. The molecule has 0 radical (unpaired) electrons. The van der Waals surface area contributed by atoms with Crippen molar-refractivity contribution < 1.29 is 14.3 Å². The van der Waals surface area contributed by atoms with Gasteiger partial charge in [-0.2, -0.15) is 12.6 Å². The second kappa shape index (κ2) is 9.09. The van der Waals surface area contributed by atoms with Gasteiger partial charge in [0.25, 0.3) is 0 Å². The fraction of sp³-hybridized carbons (Fsp3) is 0.950. The number of hydrogen-bond donors (Lipinski definition) is 1. The van der Waals surface area contributed by atoms with Crippen molar-refractivity contribution in [2.45, 2.75) is 103 Å². The third-order valence-corrected chi connectivity index (χ3v) is 4.70. The normalized spacial score (nSPS) is 13.9. The Bertz CT molecular complexity index is 425. The summed E-state index contributed by atoms with van der Waals surface area (Å²) in [6, 6.07) is 0. The fourth-order valence-electron chi connectivity index (χ4n) is 3.28. The van der Waals surface area contributed by atoms with E-state index in [4.69, 9.17) is 9.47 Å². The molecule has 0 N–H and O–H groups in total. The smallest absolute Gasteiger partial charge is 0.225 e. The summed E-state index contributed by atoms with van der Waals surface area (Å²) in [7, 11) is 1.71. The zero-order valence-electron chi connectivity index (χ0n) is 18.2. The standard InChI is InChI=1S/C20H41NO3S/c1-11-21(17(2,3)15-20(8,9)25)16(22)14-19(6,7)24-13-12-18(4,5)23-10/h25H,11-15H2,1-10H3. The Balaban J connectivity index is 4.85. The Kier molecular flexibility index (Phi) is 9.00. The largest absolute Gasteiger partial charge is 0.379 e. The summed E-state index contributed by atoms with van der Waals surface area (Å²) in [6.45, 7) is 19.7. The minimum absolute atomic E-state index is 0.126. The second-order valence-corrected chi connectivity index (χ2v) is 10.6. The van der Waals surface area contributed by atoms with Crippen molar-refractivity contribution in [1.82, 2.24) is 4.90 Å². The highest BCUT2D eigenvalue weighted by Crippen LogP contribution is 2.31. The average molecular weight is 376 g/mol. The third kappa shape index (κ3) is 9.86. The number of carbonyl (C=O) groups excluding carboxylic acids is 1. The van der Waals surface area contributed by atoms with Crippen molar-refractivity contribution in [2.75, 3.05) is 20.3 Å². The fourth-order valence-corrected chi connectivity index (χ4v) is 3.67. The number of hydrogen-bond acceptors (Lipinski definition) is 4. The lowest BCUT2D eigenvalue weighted by atomic mass is 9.89. The summed E-state index contributed by atoms with van der Waals surface area (Å²) in [5.41, 5.74) is -0.957. The Morgan fingerprint density at radius 3 is 1.92 bits per heavy atom. The van der Waals surface area contributed by atoms with E-state index in [0.717, 1.165) is 12.8 Å². The van der Waals surface area contributed by atoms with Crippen molar-refractivity contribution in [1.29, 1.82) is 0 Å². The Labute approximate surface area is 161 Å². The van der Waals surface area contributed by atoms with E-state index in [1.54, 1.807) is 7.11 Å². The molecule has 0 saturated heterocycles. The maximum atomic E-state index is 12.9. The maximum absolute atomic E-state index is 12.9. The van der Waals surface area contributed by atoms with E-state index >= 15 is 0 Å². The first kappa shape index (κ1) is 24.7. The molecule has 0 aliphatic rings. The van der Waals surface area contributed by atoms with E-state index in [1.807, 2.05) is 39.5 Å². The number of nitrogens with zero attached hydrogens (tertiary/aromatic N) is 1. The van der Waals surface area contributed by atoms with Crippen LogP contribution in [-0.2, 0) is 14.3 Å². The molecule has 1 amide bonds. The summed E-state index contributed by atoms with van der Waals surface area (Å²) in [4.78, 5) is 14.9. The molecule has 0 aromatic rings. The summed E-state index contributed by atoms with van der Waals surface area (Å²) < 4.78 is 11.3. The maximum Gasteiger partial charge on any atom is 0.225 e. The van der Waals surface area contributed by atoms with Gasteiger partial charge in [-0.25, -0.2) is 0 Å². The van der Waals surface area contributed by atoms with Crippen molar-refractivity contribution in [2.24, 2.45) is 0 Å². The van der Waals surface area contributed by atoms with Crippen LogP contribution in [-0.4, -0.2) is 52.6 Å². The van der Waals surface area contributed by atoms with Crippen LogP contribution in [0.2, 0.25) is 0 Å². The predicted octanol–water partition coefficient (Wildman–Crippen LogP) is 4.71. The SMILES string of the molecule is CCN(C(=O)CC(C)(C)OCCC(C)(C)OC)C(C)(C)CC(C)(C)S. The van der Waals surface area contributed by atoms with Crippen LogP contribution in [0.25, 0.3) is 0 Å². The number of ether oxygens (including phenoxy) is 2. The zero-order valence-corrected chi connectivity index (χ0v) is 19.0. The van der Waals surface area contributed by atoms with Gasteiger partial charge in [-0.3, -0.25) is 4.79 Å². The molecule has 0 heterocycles. The molecular formula is C20H41NO3S. The molecule has 0 fully saturated rings. The van der Waals surface area contributed by atoms with E-state index in [-0.39, 0.29) is 21.8 Å². The Hall–Kier alpha value is -0.260. The number of carbonyl (C=O) groups is 1. The number of rotatable bonds is 11. The molecule has 0 unspecified atom stereocenters. The minimum Gasteiger partial charge on any atom is -0.379 e. The topological polar surface area (TPSA) is 38.8 Å². The van der Waals surface area contributed by atoms with Crippen molar-refractivity contribution in [3.8, 4) is 0 Å². The highest BCUT2D eigenvalue weighted by atomic mass is 32.1. The van der Waals surface area contributed by atoms with E-state index < -0.39 is 5.60 Å². The number of amides is 1. The molecule has 0 aromatic carbocycles. The molecule has 25 heavy (non-hydrogen) atoms. The predicted molar refractivity (Wildman–Crippen MR) is 110 cm³/mol.